The van der Waals surface area contributed by atoms with Gasteiger partial charge < -0.3 is 20.1 Å². The summed E-state index contributed by atoms with van der Waals surface area (Å²) in [7, 11) is 0. The van der Waals surface area contributed by atoms with Crippen LogP contribution in [0.5, 0.6) is 11.5 Å². The lowest BCUT2D eigenvalue weighted by molar-refractivity contribution is 0.328. The summed E-state index contributed by atoms with van der Waals surface area (Å²) in [5.74, 6) is 1.53. The molecule has 0 radical (unpaired) electrons. The summed E-state index contributed by atoms with van der Waals surface area (Å²) in [5, 5.41) is 13.9. The van der Waals surface area contributed by atoms with E-state index in [9.17, 15) is 0 Å². The number of benzene rings is 4. The Bertz CT molecular complexity index is 1350. The lowest BCUT2D eigenvalue weighted by atomic mass is 10.0. The topological polar surface area (TPSA) is 140 Å². The minimum atomic E-state index is 0.319. The maximum Gasteiger partial charge on any atom is 0.119 e. The van der Waals surface area contributed by atoms with Crippen LogP contribution in [0.3, 0.4) is 0 Å². The molecule has 0 amide bonds. The SMILES string of the molecule is [N-]=[N+]=NCCOc1ccc(CNCc2ccc(-c3ccc(CNCc4ccc(OCCN=[N+]=[N-])cc4)cc3)cc2)cc1. The van der Waals surface area contributed by atoms with Crippen LogP contribution in [-0.4, -0.2) is 26.3 Å². The van der Waals surface area contributed by atoms with Crippen molar-refractivity contribution in [2.75, 3.05) is 26.3 Å². The molecule has 0 atom stereocenters. The van der Waals surface area contributed by atoms with E-state index < -0.39 is 0 Å². The quantitative estimate of drug-likeness (QED) is 0.0602. The van der Waals surface area contributed by atoms with Gasteiger partial charge in [-0.2, -0.15) is 0 Å². The van der Waals surface area contributed by atoms with Gasteiger partial charge in [0.2, 0.25) is 0 Å². The summed E-state index contributed by atoms with van der Waals surface area (Å²) in [6, 6.07) is 33.1. The number of ether oxygens (including phenoxy) is 2. The summed E-state index contributed by atoms with van der Waals surface area (Å²) in [6.45, 7) is 4.46. The molecule has 0 saturated heterocycles. The zero-order valence-electron chi connectivity index (χ0n) is 23.4. The summed E-state index contributed by atoms with van der Waals surface area (Å²) in [5.41, 5.74) is 23.8. The van der Waals surface area contributed by atoms with Crippen molar-refractivity contribution in [2.24, 2.45) is 10.2 Å². The van der Waals surface area contributed by atoms with Gasteiger partial charge in [0.25, 0.3) is 0 Å². The minimum Gasteiger partial charge on any atom is -0.493 e. The first-order chi connectivity index (χ1) is 20.7. The van der Waals surface area contributed by atoms with Crippen molar-refractivity contribution in [3.8, 4) is 22.6 Å². The van der Waals surface area contributed by atoms with Crippen LogP contribution in [0.2, 0.25) is 0 Å². The Labute approximate surface area is 245 Å². The van der Waals surface area contributed by atoms with E-state index in [0.29, 0.717) is 26.3 Å². The van der Waals surface area contributed by atoms with Gasteiger partial charge in [0.05, 0.1) is 26.3 Å². The maximum atomic E-state index is 8.30. The summed E-state index contributed by atoms with van der Waals surface area (Å²) >= 11 is 0. The summed E-state index contributed by atoms with van der Waals surface area (Å²) in [4.78, 5) is 5.43. The normalized spacial score (nSPS) is 10.4. The summed E-state index contributed by atoms with van der Waals surface area (Å²) in [6.07, 6.45) is 0. The molecule has 4 aromatic rings. The molecule has 4 rings (SSSR count). The van der Waals surface area contributed by atoms with Crippen molar-refractivity contribution in [1.29, 1.82) is 0 Å². The first kappa shape index (κ1) is 30.0. The molecular weight excluding hydrogens is 528 g/mol. The minimum absolute atomic E-state index is 0.319. The molecule has 214 valence electrons. The zero-order valence-corrected chi connectivity index (χ0v) is 23.4. The predicted molar refractivity (Wildman–Crippen MR) is 165 cm³/mol. The Morgan fingerprint density at radius 1 is 0.476 bits per heavy atom. The lowest BCUT2D eigenvalue weighted by Crippen LogP contribution is -2.12. The van der Waals surface area contributed by atoms with E-state index in [0.717, 1.165) is 37.7 Å². The second-order valence-corrected chi connectivity index (χ2v) is 9.49. The number of nitrogens with one attached hydrogen (secondary N) is 2. The molecule has 0 bridgehead atoms. The molecule has 0 heterocycles. The molecule has 0 unspecified atom stereocenters. The second kappa shape index (κ2) is 17.0. The largest absolute Gasteiger partial charge is 0.493 e. The average molecular weight is 563 g/mol. The third-order valence-corrected chi connectivity index (χ3v) is 6.45. The first-order valence-electron chi connectivity index (χ1n) is 13.8. The van der Waals surface area contributed by atoms with Crippen LogP contribution in [0.25, 0.3) is 32.0 Å². The molecule has 0 aromatic heterocycles. The van der Waals surface area contributed by atoms with Crippen molar-refractivity contribution in [1.82, 2.24) is 10.6 Å². The van der Waals surface area contributed by atoms with E-state index in [2.05, 4.69) is 79.2 Å². The van der Waals surface area contributed by atoms with Crippen LogP contribution in [-0.2, 0) is 26.2 Å². The molecule has 0 saturated carbocycles. The Morgan fingerprint density at radius 2 is 0.786 bits per heavy atom. The molecule has 0 aliphatic rings. The average Bonchev–Trinajstić information content (AvgIpc) is 3.04. The molecule has 0 aliphatic heterocycles. The van der Waals surface area contributed by atoms with Crippen LogP contribution in [0.1, 0.15) is 22.3 Å². The highest BCUT2D eigenvalue weighted by atomic mass is 16.5. The molecule has 10 nitrogen and oxygen atoms in total. The van der Waals surface area contributed by atoms with E-state index in [-0.39, 0.29) is 0 Å². The van der Waals surface area contributed by atoms with Crippen LogP contribution in [0.4, 0.5) is 0 Å². The summed E-state index contributed by atoms with van der Waals surface area (Å²) < 4.78 is 11.1. The van der Waals surface area contributed by atoms with Crippen molar-refractivity contribution >= 4 is 0 Å². The van der Waals surface area contributed by atoms with Crippen molar-refractivity contribution in [2.45, 2.75) is 26.2 Å². The van der Waals surface area contributed by atoms with Gasteiger partial charge in [0.1, 0.15) is 11.5 Å². The first-order valence-corrected chi connectivity index (χ1v) is 13.8. The van der Waals surface area contributed by atoms with Crippen LogP contribution >= 0.6 is 0 Å². The van der Waals surface area contributed by atoms with Crippen LogP contribution in [0.15, 0.2) is 107 Å². The van der Waals surface area contributed by atoms with Crippen molar-refractivity contribution < 1.29 is 9.47 Å². The van der Waals surface area contributed by atoms with Gasteiger partial charge in [-0.1, -0.05) is 83.0 Å². The Morgan fingerprint density at radius 3 is 1.10 bits per heavy atom. The molecule has 0 spiro atoms. The molecule has 0 fully saturated rings. The zero-order chi connectivity index (χ0) is 29.2. The van der Waals surface area contributed by atoms with E-state index in [1.54, 1.807) is 0 Å². The van der Waals surface area contributed by atoms with Gasteiger partial charge in [-0.3, -0.25) is 0 Å². The molecule has 2 N–H and O–H groups in total. The van der Waals surface area contributed by atoms with Crippen molar-refractivity contribution in [3.63, 3.8) is 0 Å². The molecule has 42 heavy (non-hydrogen) atoms. The molecular formula is C32H34N8O2. The Kier molecular flexibility index (Phi) is 12.1. The fraction of sp³-hybridized carbons (Fsp3) is 0.250. The highest BCUT2D eigenvalue weighted by molar-refractivity contribution is 5.64. The number of rotatable bonds is 17. The maximum absolute atomic E-state index is 8.30. The second-order valence-electron chi connectivity index (χ2n) is 9.49. The van der Waals surface area contributed by atoms with E-state index in [4.69, 9.17) is 20.5 Å². The molecule has 4 aromatic carbocycles. The van der Waals surface area contributed by atoms with E-state index >= 15 is 0 Å². The molecule has 10 heteroatoms. The third kappa shape index (κ3) is 10.2. The van der Waals surface area contributed by atoms with E-state index in [1.165, 1.54) is 33.4 Å². The van der Waals surface area contributed by atoms with Gasteiger partial charge in [-0.25, -0.2) is 0 Å². The number of hydrogen-bond donors (Lipinski definition) is 2. The Hall–Kier alpha value is -4.98. The predicted octanol–water partition coefficient (Wildman–Crippen LogP) is 7.31. The van der Waals surface area contributed by atoms with Crippen molar-refractivity contribution in [3.05, 3.63) is 140 Å². The number of azide groups is 2. The van der Waals surface area contributed by atoms with E-state index in [1.807, 2.05) is 48.5 Å². The van der Waals surface area contributed by atoms with Crippen LogP contribution < -0.4 is 20.1 Å². The smallest absolute Gasteiger partial charge is 0.119 e. The van der Waals surface area contributed by atoms with Gasteiger partial charge in [0.15, 0.2) is 0 Å². The van der Waals surface area contributed by atoms with Gasteiger partial charge in [0, 0.05) is 36.0 Å². The van der Waals surface area contributed by atoms with Gasteiger partial charge in [-0.05, 0) is 68.7 Å². The Balaban J connectivity index is 1.16. The lowest BCUT2D eigenvalue weighted by Gasteiger charge is -2.09. The fourth-order valence-corrected chi connectivity index (χ4v) is 4.24. The monoisotopic (exact) mass is 562 g/mol. The van der Waals surface area contributed by atoms with Crippen LogP contribution in [0, 0.1) is 0 Å². The van der Waals surface area contributed by atoms with Gasteiger partial charge in [-0.15, -0.1) is 0 Å². The standard InChI is InChI=1S/C32H34N8O2/c33-39-37-17-19-41-31-13-5-27(6-14-31)23-35-21-25-1-9-29(10-2-25)30-11-3-26(4-12-30)22-36-24-28-7-15-32(16-8-28)42-20-18-38-40-34/h1-16,35-36H,17-24H2. The third-order valence-electron chi connectivity index (χ3n) is 6.45. The number of hydrogen-bond acceptors (Lipinski definition) is 6. The number of nitrogens with zero attached hydrogens (tertiary/aromatic N) is 6. The fourth-order valence-electron chi connectivity index (χ4n) is 4.24. The highest BCUT2D eigenvalue weighted by Crippen LogP contribution is 2.21. The highest BCUT2D eigenvalue weighted by Gasteiger charge is 2.02. The van der Waals surface area contributed by atoms with Gasteiger partial charge >= 0.3 is 0 Å². The molecule has 0 aliphatic carbocycles.